The topological polar surface area (TPSA) is 90.4 Å². The van der Waals surface area contributed by atoms with Crippen molar-refractivity contribution in [3.05, 3.63) is 59.1 Å². The summed E-state index contributed by atoms with van der Waals surface area (Å²) in [5.74, 6) is -0.250. The van der Waals surface area contributed by atoms with E-state index in [1.807, 2.05) is 17.5 Å². The number of benzene rings is 1. The molecule has 3 rings (SSSR count). The molecule has 0 spiro atoms. The summed E-state index contributed by atoms with van der Waals surface area (Å²) in [6.45, 7) is 1.75. The van der Waals surface area contributed by atoms with E-state index >= 15 is 0 Å². The van der Waals surface area contributed by atoms with E-state index in [9.17, 15) is 9.90 Å². The third kappa shape index (κ3) is 3.46. The second-order valence-corrected chi connectivity index (χ2v) is 5.78. The van der Waals surface area contributed by atoms with Gasteiger partial charge in [-0.3, -0.25) is 9.89 Å². The van der Waals surface area contributed by atoms with Crippen LogP contribution in [0.5, 0.6) is 5.75 Å². The third-order valence-electron chi connectivity index (χ3n) is 3.19. The number of aromatic hydroxyl groups is 1. The van der Waals surface area contributed by atoms with E-state index in [1.54, 1.807) is 48.6 Å². The van der Waals surface area contributed by atoms with Crippen LogP contribution in [0.1, 0.15) is 23.0 Å². The fraction of sp³-hybridized carbons (Fsp3) is 0.0625. The fourth-order valence-corrected chi connectivity index (χ4v) is 2.68. The largest absolute Gasteiger partial charge is 0.508 e. The average Bonchev–Trinajstić information content (AvgIpc) is 3.22. The summed E-state index contributed by atoms with van der Waals surface area (Å²) in [4.78, 5) is 13.1. The zero-order valence-corrected chi connectivity index (χ0v) is 13.1. The van der Waals surface area contributed by atoms with Gasteiger partial charge in [-0.2, -0.15) is 10.2 Å². The van der Waals surface area contributed by atoms with E-state index in [2.05, 4.69) is 20.7 Å². The molecule has 3 N–H and O–H groups in total. The monoisotopic (exact) mass is 326 g/mol. The lowest BCUT2D eigenvalue weighted by Crippen LogP contribution is -2.19. The second kappa shape index (κ2) is 6.45. The Kier molecular flexibility index (Phi) is 4.20. The molecule has 0 fully saturated rings. The van der Waals surface area contributed by atoms with E-state index in [0.29, 0.717) is 5.71 Å². The quantitative estimate of drug-likeness (QED) is 0.508. The predicted molar refractivity (Wildman–Crippen MR) is 89.7 cm³/mol. The summed E-state index contributed by atoms with van der Waals surface area (Å²) >= 11 is 1.56. The van der Waals surface area contributed by atoms with Gasteiger partial charge in [0.2, 0.25) is 0 Å². The first-order valence-electron chi connectivity index (χ1n) is 6.87. The molecule has 0 aliphatic rings. The first-order valence-corrected chi connectivity index (χ1v) is 7.75. The lowest BCUT2D eigenvalue weighted by molar-refractivity contribution is 0.0950. The van der Waals surface area contributed by atoms with Crippen molar-refractivity contribution in [2.45, 2.75) is 6.92 Å². The summed E-state index contributed by atoms with van der Waals surface area (Å²) in [6.07, 6.45) is 0. The molecule has 0 saturated carbocycles. The number of H-pyrrole nitrogens is 1. The molecule has 0 bridgehead atoms. The molecule has 0 radical (unpaired) electrons. The van der Waals surface area contributed by atoms with Gasteiger partial charge in [0.25, 0.3) is 5.91 Å². The van der Waals surface area contributed by atoms with Crippen molar-refractivity contribution >= 4 is 23.0 Å². The molecule has 2 heterocycles. The van der Waals surface area contributed by atoms with Crippen molar-refractivity contribution in [2.75, 3.05) is 0 Å². The number of hydrogen-bond donors (Lipinski definition) is 3. The van der Waals surface area contributed by atoms with Gasteiger partial charge in [0.05, 0.1) is 16.3 Å². The lowest BCUT2D eigenvalue weighted by Gasteiger charge is -2.02. The van der Waals surface area contributed by atoms with Crippen LogP contribution in [0.2, 0.25) is 0 Å². The van der Waals surface area contributed by atoms with Gasteiger partial charge in [0, 0.05) is 5.56 Å². The molecule has 1 aromatic carbocycles. The van der Waals surface area contributed by atoms with Gasteiger partial charge >= 0.3 is 0 Å². The maximum atomic E-state index is 12.1. The molecule has 6 nitrogen and oxygen atoms in total. The van der Waals surface area contributed by atoms with Crippen LogP contribution in [-0.2, 0) is 0 Å². The van der Waals surface area contributed by atoms with Crippen molar-refractivity contribution in [3.8, 4) is 16.3 Å². The van der Waals surface area contributed by atoms with Crippen LogP contribution in [0.3, 0.4) is 0 Å². The number of amides is 1. The van der Waals surface area contributed by atoms with Crippen molar-refractivity contribution < 1.29 is 9.90 Å². The second-order valence-electron chi connectivity index (χ2n) is 4.83. The molecule has 0 saturated heterocycles. The van der Waals surface area contributed by atoms with Gasteiger partial charge in [0.15, 0.2) is 5.69 Å². The molecule has 0 atom stereocenters. The maximum Gasteiger partial charge on any atom is 0.291 e. The van der Waals surface area contributed by atoms with E-state index < -0.39 is 5.91 Å². The molecule has 1 amide bonds. The predicted octanol–water partition coefficient (Wildman–Crippen LogP) is 3.00. The van der Waals surface area contributed by atoms with Gasteiger partial charge in [0.1, 0.15) is 5.75 Å². The van der Waals surface area contributed by atoms with Crippen LogP contribution >= 0.6 is 11.3 Å². The van der Waals surface area contributed by atoms with E-state index in [1.165, 1.54) is 0 Å². The minimum atomic E-state index is -0.399. The zero-order chi connectivity index (χ0) is 16.2. The zero-order valence-electron chi connectivity index (χ0n) is 12.3. The van der Waals surface area contributed by atoms with E-state index in [-0.39, 0.29) is 11.4 Å². The highest BCUT2D eigenvalue weighted by atomic mass is 32.1. The third-order valence-corrected chi connectivity index (χ3v) is 4.09. The van der Waals surface area contributed by atoms with Crippen molar-refractivity contribution in [2.24, 2.45) is 5.10 Å². The summed E-state index contributed by atoms with van der Waals surface area (Å²) in [5.41, 5.74) is 4.83. The Balaban J connectivity index is 1.71. The average molecular weight is 326 g/mol. The minimum Gasteiger partial charge on any atom is -0.508 e. The maximum absolute atomic E-state index is 12.1. The number of carbonyl (C=O) groups excluding carboxylic acids is 1. The van der Waals surface area contributed by atoms with Gasteiger partial charge in [-0.25, -0.2) is 5.43 Å². The summed E-state index contributed by atoms with van der Waals surface area (Å²) in [5, 5.41) is 22.3. The highest BCUT2D eigenvalue weighted by Gasteiger charge is 2.11. The van der Waals surface area contributed by atoms with E-state index in [0.717, 1.165) is 16.1 Å². The van der Waals surface area contributed by atoms with Crippen LogP contribution in [0.25, 0.3) is 10.6 Å². The lowest BCUT2D eigenvalue weighted by atomic mass is 10.1. The SMILES string of the molecule is C/C(=N\NC(=O)c1cc(-c2cccs2)[nH]n1)c1cccc(O)c1. The van der Waals surface area contributed by atoms with Crippen molar-refractivity contribution in [1.82, 2.24) is 15.6 Å². The first kappa shape index (κ1) is 15.0. The Morgan fingerprint density at radius 3 is 2.91 bits per heavy atom. The van der Waals surface area contributed by atoms with Crippen LogP contribution in [0.15, 0.2) is 52.9 Å². The smallest absolute Gasteiger partial charge is 0.291 e. The van der Waals surface area contributed by atoms with Crippen LogP contribution in [0.4, 0.5) is 0 Å². The Morgan fingerprint density at radius 1 is 1.30 bits per heavy atom. The molecule has 0 aliphatic heterocycles. The van der Waals surface area contributed by atoms with Crippen LogP contribution in [-0.4, -0.2) is 26.9 Å². The number of thiophene rings is 1. The number of hydrazone groups is 1. The number of hydrogen-bond acceptors (Lipinski definition) is 5. The molecule has 3 aromatic rings. The van der Waals surface area contributed by atoms with Crippen molar-refractivity contribution in [3.63, 3.8) is 0 Å². The summed E-state index contributed by atoms with van der Waals surface area (Å²) < 4.78 is 0. The van der Waals surface area contributed by atoms with Crippen LogP contribution in [0, 0.1) is 0 Å². The first-order chi connectivity index (χ1) is 11.1. The van der Waals surface area contributed by atoms with Gasteiger partial charge in [-0.15, -0.1) is 11.3 Å². The van der Waals surface area contributed by atoms with E-state index in [4.69, 9.17) is 0 Å². The normalized spacial score (nSPS) is 11.4. The molecule has 116 valence electrons. The molecule has 0 aliphatic carbocycles. The molecule has 0 unspecified atom stereocenters. The number of phenols is 1. The van der Waals surface area contributed by atoms with Crippen LogP contribution < -0.4 is 5.43 Å². The van der Waals surface area contributed by atoms with Gasteiger partial charge in [-0.1, -0.05) is 18.2 Å². The molecule has 7 heteroatoms. The number of phenolic OH excluding ortho intramolecular Hbond substituents is 1. The highest BCUT2D eigenvalue weighted by molar-refractivity contribution is 7.13. The summed E-state index contributed by atoms with van der Waals surface area (Å²) in [7, 11) is 0. The minimum absolute atomic E-state index is 0.149. The number of rotatable bonds is 4. The van der Waals surface area contributed by atoms with Gasteiger partial charge in [-0.05, 0) is 36.6 Å². The number of nitrogens with zero attached hydrogens (tertiary/aromatic N) is 2. The number of aromatic nitrogens is 2. The number of aromatic amines is 1. The molecular weight excluding hydrogens is 312 g/mol. The highest BCUT2D eigenvalue weighted by Crippen LogP contribution is 2.22. The molecule has 2 aromatic heterocycles. The fourth-order valence-electron chi connectivity index (χ4n) is 1.98. The van der Waals surface area contributed by atoms with Crippen molar-refractivity contribution in [1.29, 1.82) is 0 Å². The number of nitrogens with one attached hydrogen (secondary N) is 2. The molecule has 23 heavy (non-hydrogen) atoms. The number of carbonyl (C=O) groups is 1. The van der Waals surface area contributed by atoms with Gasteiger partial charge < -0.3 is 5.11 Å². The Morgan fingerprint density at radius 2 is 2.17 bits per heavy atom. The Labute approximate surface area is 136 Å². The Hall–Kier alpha value is -2.93. The molecular formula is C16H14N4O2S. The Bertz CT molecular complexity index is 853. The standard InChI is InChI=1S/C16H14N4O2S/c1-10(11-4-2-5-12(21)8-11)17-20-16(22)14-9-13(18-19-14)15-6-3-7-23-15/h2-9,21H,1H3,(H,18,19)(H,20,22)/b17-10+. The summed E-state index contributed by atoms with van der Waals surface area (Å²) in [6, 6.07) is 12.2.